The quantitative estimate of drug-likeness (QED) is 0.291. The standard InChI is InChI=1S/C22H38O5/c1-2-3-4-5-6-8-11-17(23)14-15-19-18(20(24)16-21(19)25)12-9-7-10-13-22(26)27/h14-15,17-19,21,23,25H,2-13,16H2,1H3,(H,26,27)/t17?,18-,19-,21-/m1/s1. The number of aliphatic hydroxyl groups excluding tert-OH is 2. The van der Waals surface area contributed by atoms with Gasteiger partial charge in [0.15, 0.2) is 0 Å². The van der Waals surface area contributed by atoms with Gasteiger partial charge in [-0.1, -0.05) is 70.4 Å². The van der Waals surface area contributed by atoms with Crippen molar-refractivity contribution in [1.29, 1.82) is 0 Å². The van der Waals surface area contributed by atoms with Crippen LogP contribution in [0.3, 0.4) is 0 Å². The maximum Gasteiger partial charge on any atom is 0.303 e. The first-order valence-corrected chi connectivity index (χ1v) is 10.7. The smallest absolute Gasteiger partial charge is 0.303 e. The van der Waals surface area contributed by atoms with Gasteiger partial charge in [-0.2, -0.15) is 0 Å². The number of carbonyl (C=O) groups is 2. The second-order valence-corrected chi connectivity index (χ2v) is 7.92. The van der Waals surface area contributed by atoms with Crippen LogP contribution in [0.4, 0.5) is 0 Å². The number of aliphatic carboxylic acids is 1. The Morgan fingerprint density at radius 2 is 1.78 bits per heavy atom. The van der Waals surface area contributed by atoms with Crippen molar-refractivity contribution in [3.8, 4) is 0 Å². The first-order valence-electron chi connectivity index (χ1n) is 10.7. The Morgan fingerprint density at radius 1 is 1.11 bits per heavy atom. The number of aliphatic hydroxyl groups is 2. The zero-order valence-electron chi connectivity index (χ0n) is 16.8. The van der Waals surface area contributed by atoms with E-state index in [0.717, 1.165) is 32.1 Å². The Morgan fingerprint density at radius 3 is 2.48 bits per heavy atom. The molecule has 4 atom stereocenters. The molecule has 0 aromatic rings. The maximum absolute atomic E-state index is 12.2. The Kier molecular flexibility index (Phi) is 12.3. The van der Waals surface area contributed by atoms with E-state index in [1.54, 1.807) is 6.08 Å². The number of unbranched alkanes of at least 4 members (excludes halogenated alkanes) is 7. The monoisotopic (exact) mass is 382 g/mol. The number of ketones is 1. The van der Waals surface area contributed by atoms with Crippen LogP contribution < -0.4 is 0 Å². The van der Waals surface area contributed by atoms with Gasteiger partial charge in [-0.3, -0.25) is 9.59 Å². The molecule has 1 unspecified atom stereocenters. The SMILES string of the molecule is CCCCCCCCC(O)C=C[C@H]1[C@H](O)CC(=O)[C@@H]1CCCCCC(=O)O. The molecule has 5 nitrogen and oxygen atoms in total. The molecule has 1 fully saturated rings. The predicted molar refractivity (Wildman–Crippen MR) is 106 cm³/mol. The van der Waals surface area contributed by atoms with Crippen molar-refractivity contribution in [2.75, 3.05) is 0 Å². The van der Waals surface area contributed by atoms with Gasteiger partial charge >= 0.3 is 5.97 Å². The van der Waals surface area contributed by atoms with E-state index in [4.69, 9.17) is 5.11 Å². The molecule has 156 valence electrons. The third-order valence-corrected chi connectivity index (χ3v) is 5.55. The molecule has 0 aliphatic heterocycles. The van der Waals surface area contributed by atoms with Crippen molar-refractivity contribution < 1.29 is 24.9 Å². The Bertz CT molecular complexity index is 460. The molecular weight excluding hydrogens is 344 g/mol. The summed E-state index contributed by atoms with van der Waals surface area (Å²) >= 11 is 0. The van der Waals surface area contributed by atoms with Gasteiger partial charge in [-0.25, -0.2) is 0 Å². The molecule has 0 amide bonds. The minimum atomic E-state index is -0.789. The van der Waals surface area contributed by atoms with Gasteiger partial charge in [0, 0.05) is 24.7 Å². The normalized spacial score (nSPS) is 24.0. The molecule has 0 spiro atoms. The van der Waals surface area contributed by atoms with Crippen molar-refractivity contribution in [2.24, 2.45) is 11.8 Å². The topological polar surface area (TPSA) is 94.8 Å². The van der Waals surface area contributed by atoms with Crippen LogP contribution in [-0.4, -0.2) is 39.3 Å². The molecule has 0 saturated heterocycles. The van der Waals surface area contributed by atoms with E-state index < -0.39 is 18.2 Å². The van der Waals surface area contributed by atoms with Gasteiger partial charge < -0.3 is 15.3 Å². The van der Waals surface area contributed by atoms with Crippen LogP contribution in [0.15, 0.2) is 12.2 Å². The second-order valence-electron chi connectivity index (χ2n) is 7.92. The van der Waals surface area contributed by atoms with Crippen LogP contribution in [0.25, 0.3) is 0 Å². The molecule has 3 N–H and O–H groups in total. The number of hydrogen-bond donors (Lipinski definition) is 3. The highest BCUT2D eigenvalue weighted by molar-refractivity contribution is 5.84. The lowest BCUT2D eigenvalue weighted by atomic mass is 9.88. The summed E-state index contributed by atoms with van der Waals surface area (Å²) in [5, 5.41) is 29.0. The van der Waals surface area contributed by atoms with E-state index in [1.807, 2.05) is 6.08 Å². The highest BCUT2D eigenvalue weighted by atomic mass is 16.4. The van der Waals surface area contributed by atoms with Gasteiger partial charge in [0.2, 0.25) is 0 Å². The van der Waals surface area contributed by atoms with Crippen molar-refractivity contribution in [3.05, 3.63) is 12.2 Å². The van der Waals surface area contributed by atoms with Crippen molar-refractivity contribution in [3.63, 3.8) is 0 Å². The lowest BCUT2D eigenvalue weighted by Crippen LogP contribution is -2.19. The number of carbonyl (C=O) groups excluding carboxylic acids is 1. The molecule has 1 aliphatic rings. The van der Waals surface area contributed by atoms with Gasteiger partial charge in [0.1, 0.15) is 5.78 Å². The fourth-order valence-corrected chi connectivity index (χ4v) is 3.90. The van der Waals surface area contributed by atoms with E-state index in [1.165, 1.54) is 25.7 Å². The van der Waals surface area contributed by atoms with Crippen molar-refractivity contribution >= 4 is 11.8 Å². The molecule has 0 aromatic heterocycles. The summed E-state index contributed by atoms with van der Waals surface area (Å²) in [6, 6.07) is 0. The fourth-order valence-electron chi connectivity index (χ4n) is 3.90. The number of carboxylic acid groups (broad SMARTS) is 1. The number of Topliss-reactive ketones (excluding diaryl/α,β-unsaturated/α-hetero) is 1. The van der Waals surface area contributed by atoms with Crippen molar-refractivity contribution in [1.82, 2.24) is 0 Å². The third kappa shape index (κ3) is 10.1. The summed E-state index contributed by atoms with van der Waals surface area (Å²) in [5.41, 5.74) is 0. The van der Waals surface area contributed by atoms with Crippen LogP contribution >= 0.6 is 0 Å². The van der Waals surface area contributed by atoms with Gasteiger partial charge in [-0.05, 0) is 19.3 Å². The average molecular weight is 383 g/mol. The highest BCUT2D eigenvalue weighted by Gasteiger charge is 2.39. The minimum Gasteiger partial charge on any atom is -0.481 e. The molecule has 5 heteroatoms. The van der Waals surface area contributed by atoms with Crippen LogP contribution in [0.1, 0.15) is 90.4 Å². The first-order chi connectivity index (χ1) is 13.0. The van der Waals surface area contributed by atoms with Crippen molar-refractivity contribution in [2.45, 2.75) is 103 Å². The Labute approximate surface area is 163 Å². The maximum atomic E-state index is 12.2. The number of hydrogen-bond acceptors (Lipinski definition) is 4. The molecule has 0 heterocycles. The molecule has 0 bridgehead atoms. The van der Waals surface area contributed by atoms with E-state index >= 15 is 0 Å². The minimum absolute atomic E-state index is 0.0841. The van der Waals surface area contributed by atoms with Crippen LogP contribution in [0.5, 0.6) is 0 Å². The molecule has 1 rings (SSSR count). The van der Waals surface area contributed by atoms with Crippen LogP contribution in [0, 0.1) is 11.8 Å². The molecule has 0 aromatic carbocycles. The molecule has 27 heavy (non-hydrogen) atoms. The Balaban J connectivity index is 2.34. The highest BCUT2D eigenvalue weighted by Crippen LogP contribution is 2.34. The largest absolute Gasteiger partial charge is 0.481 e. The number of carboxylic acids is 1. The first kappa shape index (κ1) is 23.8. The predicted octanol–water partition coefficient (Wildman–Crippen LogP) is 4.26. The molecule has 1 saturated carbocycles. The third-order valence-electron chi connectivity index (χ3n) is 5.55. The average Bonchev–Trinajstić information content (AvgIpc) is 2.88. The van der Waals surface area contributed by atoms with Gasteiger partial charge in [-0.15, -0.1) is 0 Å². The Hall–Kier alpha value is -1.20. The van der Waals surface area contributed by atoms with E-state index in [0.29, 0.717) is 12.8 Å². The molecular formula is C22H38O5. The van der Waals surface area contributed by atoms with E-state index in [-0.39, 0.29) is 30.5 Å². The lowest BCUT2D eigenvalue weighted by Gasteiger charge is -2.18. The summed E-state index contributed by atoms with van der Waals surface area (Å²) in [7, 11) is 0. The summed E-state index contributed by atoms with van der Waals surface area (Å²) in [5.74, 6) is -1.14. The summed E-state index contributed by atoms with van der Waals surface area (Å²) < 4.78 is 0. The number of rotatable bonds is 15. The second kappa shape index (κ2) is 13.9. The van der Waals surface area contributed by atoms with Crippen LogP contribution in [-0.2, 0) is 9.59 Å². The molecule has 1 aliphatic carbocycles. The lowest BCUT2D eigenvalue weighted by molar-refractivity contribution is -0.137. The zero-order chi connectivity index (χ0) is 20.1. The fraction of sp³-hybridized carbons (Fsp3) is 0.818. The molecule has 0 radical (unpaired) electrons. The summed E-state index contributed by atoms with van der Waals surface area (Å²) in [4.78, 5) is 22.7. The summed E-state index contributed by atoms with van der Waals surface area (Å²) in [6.07, 6.45) is 13.4. The summed E-state index contributed by atoms with van der Waals surface area (Å²) in [6.45, 7) is 2.19. The van der Waals surface area contributed by atoms with E-state index in [9.17, 15) is 19.8 Å². The van der Waals surface area contributed by atoms with E-state index in [2.05, 4.69) is 6.92 Å². The zero-order valence-corrected chi connectivity index (χ0v) is 16.8. The van der Waals surface area contributed by atoms with Gasteiger partial charge in [0.05, 0.1) is 12.2 Å². The van der Waals surface area contributed by atoms with Crippen LogP contribution in [0.2, 0.25) is 0 Å². The van der Waals surface area contributed by atoms with Gasteiger partial charge in [0.25, 0.3) is 0 Å².